The van der Waals surface area contributed by atoms with E-state index in [4.69, 9.17) is 9.88 Å². The quantitative estimate of drug-likeness (QED) is 0.839. The lowest BCUT2D eigenvalue weighted by molar-refractivity contribution is -0.110. The molecular weight excluding hydrogens is 316 g/mol. The van der Waals surface area contributed by atoms with Crippen molar-refractivity contribution in [2.45, 2.75) is 4.90 Å². The van der Waals surface area contributed by atoms with E-state index in [0.29, 0.717) is 28.1 Å². The molecule has 0 unspecified atom stereocenters. The van der Waals surface area contributed by atoms with Crippen molar-refractivity contribution in [3.05, 3.63) is 53.6 Å². The van der Waals surface area contributed by atoms with Gasteiger partial charge in [-0.2, -0.15) is 0 Å². The summed E-state index contributed by atoms with van der Waals surface area (Å²) < 4.78 is 28.3. The molecule has 0 spiro atoms. The number of carbonyl (C=O) groups is 1. The van der Waals surface area contributed by atoms with Crippen LogP contribution in [0.1, 0.15) is 11.1 Å². The lowest BCUT2D eigenvalue weighted by Crippen LogP contribution is -2.12. The van der Waals surface area contributed by atoms with Crippen molar-refractivity contribution in [2.24, 2.45) is 5.14 Å². The minimum Gasteiger partial charge on any atom is -0.496 e. The van der Waals surface area contributed by atoms with E-state index in [1.165, 1.54) is 18.2 Å². The zero-order valence-electron chi connectivity index (χ0n) is 12.2. The molecule has 2 aromatic carbocycles. The zero-order chi connectivity index (χ0) is 16.6. The fraction of sp³-hybridized carbons (Fsp3) is 0.0625. The van der Waals surface area contributed by atoms with Crippen LogP contribution in [0, 0.1) is 0 Å². The summed E-state index contributed by atoms with van der Waals surface area (Å²) >= 11 is 0. The number of fused-ring (bicyclic) bond motifs is 1. The predicted octanol–water partition coefficient (Wildman–Crippen LogP) is 1.84. The number of para-hydroxylation sites is 1. The van der Waals surface area contributed by atoms with Crippen LogP contribution in [0.25, 0.3) is 11.6 Å². The van der Waals surface area contributed by atoms with E-state index in [-0.39, 0.29) is 10.8 Å². The van der Waals surface area contributed by atoms with Crippen molar-refractivity contribution in [3.8, 4) is 5.75 Å². The van der Waals surface area contributed by atoms with Gasteiger partial charge in [-0.15, -0.1) is 0 Å². The van der Waals surface area contributed by atoms with Crippen LogP contribution in [0.2, 0.25) is 0 Å². The van der Waals surface area contributed by atoms with E-state index in [1.807, 2.05) is 12.1 Å². The molecule has 0 bridgehead atoms. The largest absolute Gasteiger partial charge is 0.496 e. The van der Waals surface area contributed by atoms with Crippen molar-refractivity contribution < 1.29 is 17.9 Å². The van der Waals surface area contributed by atoms with Gasteiger partial charge in [0.05, 0.1) is 12.0 Å². The molecule has 0 saturated heterocycles. The van der Waals surface area contributed by atoms with Gasteiger partial charge in [0.15, 0.2) is 0 Å². The summed E-state index contributed by atoms with van der Waals surface area (Å²) in [5, 5.41) is 7.86. The van der Waals surface area contributed by atoms with E-state index < -0.39 is 10.0 Å². The number of primary sulfonamides is 1. The molecule has 3 rings (SSSR count). The maximum atomic E-state index is 12.2. The van der Waals surface area contributed by atoms with E-state index >= 15 is 0 Å². The molecule has 0 atom stereocenters. The average molecular weight is 330 g/mol. The minimum atomic E-state index is -3.84. The number of carbonyl (C=O) groups excluding carboxylic acids is 1. The summed E-state index contributed by atoms with van der Waals surface area (Å²) in [5.74, 6) is 0.307. The molecule has 1 aliphatic rings. The third-order valence-electron chi connectivity index (χ3n) is 3.54. The highest BCUT2D eigenvalue weighted by atomic mass is 32.2. The Labute approximate surface area is 133 Å². The van der Waals surface area contributed by atoms with E-state index in [0.717, 1.165) is 0 Å². The Kier molecular flexibility index (Phi) is 3.67. The third-order valence-corrected chi connectivity index (χ3v) is 4.45. The van der Waals surface area contributed by atoms with Crippen LogP contribution >= 0.6 is 0 Å². The Morgan fingerprint density at radius 2 is 1.91 bits per heavy atom. The Morgan fingerprint density at radius 1 is 1.17 bits per heavy atom. The first-order valence-corrected chi connectivity index (χ1v) is 8.28. The SMILES string of the molecule is COc1ccccc1/C=C1/C(=O)Nc2ccc(S(N)(=O)=O)cc21. The van der Waals surface area contributed by atoms with Gasteiger partial charge in [0.1, 0.15) is 5.75 Å². The molecule has 1 aliphatic heterocycles. The number of benzene rings is 2. The molecule has 0 aliphatic carbocycles. The van der Waals surface area contributed by atoms with Crippen LogP contribution < -0.4 is 15.2 Å². The number of amides is 1. The third kappa shape index (κ3) is 2.84. The average Bonchev–Trinajstić information content (AvgIpc) is 2.82. The second-order valence-corrected chi connectivity index (χ2v) is 6.57. The van der Waals surface area contributed by atoms with Gasteiger partial charge in [-0.25, -0.2) is 13.6 Å². The van der Waals surface area contributed by atoms with Crippen molar-refractivity contribution in [2.75, 3.05) is 12.4 Å². The van der Waals surface area contributed by atoms with Gasteiger partial charge in [0.25, 0.3) is 5.91 Å². The molecule has 0 aromatic heterocycles. The summed E-state index contributed by atoms with van der Waals surface area (Å²) in [6.45, 7) is 0. The van der Waals surface area contributed by atoms with Crippen molar-refractivity contribution in [3.63, 3.8) is 0 Å². The highest BCUT2D eigenvalue weighted by Crippen LogP contribution is 2.35. The number of nitrogens with one attached hydrogen (secondary N) is 1. The molecular formula is C16H14N2O4S. The fourth-order valence-corrected chi connectivity index (χ4v) is 2.97. The molecule has 0 fully saturated rings. The van der Waals surface area contributed by atoms with E-state index in [9.17, 15) is 13.2 Å². The first-order chi connectivity index (χ1) is 10.9. The highest BCUT2D eigenvalue weighted by molar-refractivity contribution is 7.89. The molecule has 118 valence electrons. The molecule has 2 aromatic rings. The Morgan fingerprint density at radius 3 is 2.61 bits per heavy atom. The topological polar surface area (TPSA) is 98.5 Å². The highest BCUT2D eigenvalue weighted by Gasteiger charge is 2.26. The first-order valence-electron chi connectivity index (χ1n) is 6.73. The molecule has 0 radical (unpaired) electrons. The van der Waals surface area contributed by atoms with Crippen LogP contribution in [-0.2, 0) is 14.8 Å². The standard InChI is InChI=1S/C16H14N2O4S/c1-22-15-5-3-2-4-10(15)8-13-12-9-11(23(17,20)21)6-7-14(12)18-16(13)19/h2-9H,1H3,(H,18,19)(H2,17,20,21)/b13-8+. The van der Waals surface area contributed by atoms with Crippen LogP contribution in [0.3, 0.4) is 0 Å². The number of hydrogen-bond acceptors (Lipinski definition) is 4. The first kappa shape index (κ1) is 15.3. The number of methoxy groups -OCH3 is 1. The van der Waals surface area contributed by atoms with Gasteiger partial charge in [-0.3, -0.25) is 4.79 Å². The maximum absolute atomic E-state index is 12.2. The fourth-order valence-electron chi connectivity index (χ4n) is 2.43. The van der Waals surface area contributed by atoms with Gasteiger partial charge in [-0.05, 0) is 30.3 Å². The van der Waals surface area contributed by atoms with Crippen molar-refractivity contribution >= 4 is 33.3 Å². The minimum absolute atomic E-state index is 0.0429. The second-order valence-electron chi connectivity index (χ2n) is 5.01. The summed E-state index contributed by atoms with van der Waals surface area (Å²) in [4.78, 5) is 12.2. The lowest BCUT2D eigenvalue weighted by atomic mass is 10.0. The van der Waals surface area contributed by atoms with Crippen LogP contribution in [0.15, 0.2) is 47.4 Å². The summed E-state index contributed by atoms with van der Waals surface area (Å²) in [6.07, 6.45) is 1.66. The van der Waals surface area contributed by atoms with Crippen LogP contribution in [-0.4, -0.2) is 21.4 Å². The molecule has 3 N–H and O–H groups in total. The van der Waals surface area contributed by atoms with Crippen molar-refractivity contribution in [1.29, 1.82) is 0 Å². The molecule has 7 heteroatoms. The number of anilines is 1. The normalized spacial score (nSPS) is 15.4. The molecule has 0 saturated carbocycles. The smallest absolute Gasteiger partial charge is 0.256 e. The number of rotatable bonds is 3. The molecule has 6 nitrogen and oxygen atoms in total. The predicted molar refractivity (Wildman–Crippen MR) is 87.3 cm³/mol. The number of nitrogens with two attached hydrogens (primary N) is 1. The van der Waals surface area contributed by atoms with Gasteiger partial charge in [0.2, 0.25) is 10.0 Å². The Balaban J connectivity index is 2.16. The van der Waals surface area contributed by atoms with E-state index in [2.05, 4.69) is 5.32 Å². The number of hydrogen-bond donors (Lipinski definition) is 2. The second kappa shape index (κ2) is 5.53. The van der Waals surface area contributed by atoms with Crippen molar-refractivity contribution in [1.82, 2.24) is 0 Å². The number of sulfonamides is 1. The molecule has 23 heavy (non-hydrogen) atoms. The van der Waals surface area contributed by atoms with Gasteiger partial charge in [0, 0.05) is 22.4 Å². The monoisotopic (exact) mass is 330 g/mol. The van der Waals surface area contributed by atoms with Crippen LogP contribution in [0.5, 0.6) is 5.75 Å². The van der Waals surface area contributed by atoms with Gasteiger partial charge >= 0.3 is 0 Å². The summed E-state index contributed by atoms with van der Waals surface area (Å²) in [7, 11) is -2.30. The summed E-state index contributed by atoms with van der Waals surface area (Å²) in [5.41, 5.74) is 2.11. The molecule has 1 heterocycles. The van der Waals surface area contributed by atoms with Crippen LogP contribution in [0.4, 0.5) is 5.69 Å². The Hall–Kier alpha value is -2.64. The Bertz CT molecular complexity index is 933. The maximum Gasteiger partial charge on any atom is 0.256 e. The zero-order valence-corrected chi connectivity index (χ0v) is 13.1. The summed E-state index contributed by atoms with van der Waals surface area (Å²) in [6, 6.07) is 11.5. The van der Waals surface area contributed by atoms with Gasteiger partial charge in [-0.1, -0.05) is 18.2 Å². The van der Waals surface area contributed by atoms with E-state index in [1.54, 1.807) is 25.3 Å². The van der Waals surface area contributed by atoms with Gasteiger partial charge < -0.3 is 10.1 Å². The molecule has 1 amide bonds. The lowest BCUT2D eigenvalue weighted by Gasteiger charge is -2.05. The number of ether oxygens (including phenoxy) is 1.